The number of rotatable bonds is 8. The van der Waals surface area contributed by atoms with Crippen LogP contribution in [0, 0.1) is 5.92 Å². The number of hydrogen-bond acceptors (Lipinski definition) is 5. The zero-order valence-electron chi connectivity index (χ0n) is 15.9. The van der Waals surface area contributed by atoms with Crippen molar-refractivity contribution in [1.82, 2.24) is 25.4 Å². The quantitative estimate of drug-likeness (QED) is 0.600. The number of methoxy groups -OCH3 is 1. The molecule has 2 aromatic rings. The molecule has 1 aliphatic rings. The number of benzene rings is 1. The number of aromatic amines is 2. The third-order valence-corrected chi connectivity index (χ3v) is 4.91. The zero-order valence-corrected chi connectivity index (χ0v) is 15.9. The second-order valence-corrected chi connectivity index (χ2v) is 6.84. The Bertz CT molecular complexity index is 858. The molecule has 3 N–H and O–H groups in total. The summed E-state index contributed by atoms with van der Waals surface area (Å²) in [5.74, 6) is 1.11. The van der Waals surface area contributed by atoms with Crippen molar-refractivity contribution in [2.45, 2.75) is 25.7 Å². The van der Waals surface area contributed by atoms with Gasteiger partial charge in [0.15, 0.2) is 0 Å². The first-order valence-corrected chi connectivity index (χ1v) is 9.37. The first-order chi connectivity index (χ1) is 13.5. The maximum Gasteiger partial charge on any atom is 0.340 e. The Morgan fingerprint density at radius 3 is 2.75 bits per heavy atom. The Morgan fingerprint density at radius 2 is 2.07 bits per heavy atom. The number of amides is 2. The molecule has 150 valence electrons. The summed E-state index contributed by atoms with van der Waals surface area (Å²) in [5.41, 5.74) is 0.757. The van der Waals surface area contributed by atoms with Gasteiger partial charge in [0, 0.05) is 32.5 Å². The molecule has 2 amide bonds. The van der Waals surface area contributed by atoms with E-state index < -0.39 is 0 Å². The molecule has 0 radical (unpaired) electrons. The molecule has 1 aromatic carbocycles. The van der Waals surface area contributed by atoms with E-state index in [1.54, 1.807) is 12.0 Å². The van der Waals surface area contributed by atoms with Crippen LogP contribution in [0.2, 0.25) is 0 Å². The van der Waals surface area contributed by atoms with E-state index in [1.165, 1.54) is 0 Å². The highest BCUT2D eigenvalue weighted by Crippen LogP contribution is 2.19. The van der Waals surface area contributed by atoms with Crippen LogP contribution in [0.5, 0.6) is 5.75 Å². The number of piperidine rings is 1. The highest BCUT2D eigenvalue weighted by molar-refractivity contribution is 5.83. The lowest BCUT2D eigenvalue weighted by molar-refractivity contribution is -0.138. The first kappa shape index (κ1) is 19.7. The van der Waals surface area contributed by atoms with Crippen molar-refractivity contribution in [3.05, 3.63) is 46.1 Å². The molecule has 0 aliphatic carbocycles. The monoisotopic (exact) mass is 387 g/mol. The van der Waals surface area contributed by atoms with E-state index in [2.05, 4.69) is 20.5 Å². The van der Waals surface area contributed by atoms with Crippen LogP contribution in [0.25, 0.3) is 0 Å². The van der Waals surface area contributed by atoms with Crippen molar-refractivity contribution in [2.75, 3.05) is 26.7 Å². The van der Waals surface area contributed by atoms with E-state index in [-0.39, 0.29) is 23.4 Å². The maximum absolute atomic E-state index is 12.4. The van der Waals surface area contributed by atoms with Crippen LogP contribution >= 0.6 is 0 Å². The van der Waals surface area contributed by atoms with Crippen LogP contribution in [0.3, 0.4) is 0 Å². The molecule has 1 fully saturated rings. The molecule has 1 aliphatic heterocycles. The van der Waals surface area contributed by atoms with Crippen molar-refractivity contribution in [3.63, 3.8) is 0 Å². The fourth-order valence-corrected chi connectivity index (χ4v) is 3.27. The van der Waals surface area contributed by atoms with E-state index in [4.69, 9.17) is 4.74 Å². The Labute approximate surface area is 162 Å². The number of aromatic nitrogens is 3. The lowest BCUT2D eigenvalue weighted by Crippen LogP contribution is -2.46. The van der Waals surface area contributed by atoms with Gasteiger partial charge in [0.25, 0.3) is 0 Å². The minimum absolute atomic E-state index is 0.0696. The van der Waals surface area contributed by atoms with Gasteiger partial charge in [0.05, 0.1) is 13.0 Å². The van der Waals surface area contributed by atoms with Gasteiger partial charge < -0.3 is 15.0 Å². The summed E-state index contributed by atoms with van der Waals surface area (Å²) in [5, 5.41) is 8.96. The van der Waals surface area contributed by atoms with Gasteiger partial charge in [0.1, 0.15) is 11.6 Å². The van der Waals surface area contributed by atoms with Gasteiger partial charge in [-0.15, -0.1) is 0 Å². The number of ether oxygens (including phenoxy) is 1. The Morgan fingerprint density at radius 1 is 1.29 bits per heavy atom. The molecule has 2 heterocycles. The normalized spacial score (nSPS) is 16.8. The number of carbonyl (C=O) groups is 2. The van der Waals surface area contributed by atoms with E-state index in [1.807, 2.05) is 24.3 Å². The van der Waals surface area contributed by atoms with E-state index >= 15 is 0 Å². The molecule has 0 spiro atoms. The molecular formula is C19H25N5O4. The molecule has 28 heavy (non-hydrogen) atoms. The summed E-state index contributed by atoms with van der Waals surface area (Å²) >= 11 is 0. The van der Waals surface area contributed by atoms with E-state index in [9.17, 15) is 14.4 Å². The van der Waals surface area contributed by atoms with Crippen LogP contribution in [0.4, 0.5) is 0 Å². The Kier molecular flexibility index (Phi) is 6.46. The fraction of sp³-hybridized carbons (Fsp3) is 0.474. The lowest BCUT2D eigenvalue weighted by Gasteiger charge is -2.32. The molecule has 1 atom stereocenters. The lowest BCUT2D eigenvalue weighted by atomic mass is 9.96. The molecule has 1 aromatic heterocycles. The summed E-state index contributed by atoms with van der Waals surface area (Å²) in [4.78, 5) is 39.9. The first-order valence-electron chi connectivity index (χ1n) is 9.37. The number of nitrogens with zero attached hydrogens (tertiary/aromatic N) is 2. The third kappa shape index (κ3) is 5.21. The average Bonchev–Trinajstić information content (AvgIpc) is 3.12. The molecule has 0 unspecified atom stereocenters. The Hall–Kier alpha value is -3.10. The maximum atomic E-state index is 12.4. The fourth-order valence-electron chi connectivity index (χ4n) is 3.27. The summed E-state index contributed by atoms with van der Waals surface area (Å²) < 4.78 is 5.15. The van der Waals surface area contributed by atoms with Gasteiger partial charge in [-0.25, -0.2) is 9.89 Å². The van der Waals surface area contributed by atoms with Crippen molar-refractivity contribution in [3.8, 4) is 5.75 Å². The highest BCUT2D eigenvalue weighted by Gasteiger charge is 2.29. The van der Waals surface area contributed by atoms with Gasteiger partial charge in [-0.3, -0.25) is 14.6 Å². The smallest absolute Gasteiger partial charge is 0.340 e. The van der Waals surface area contributed by atoms with Crippen molar-refractivity contribution in [1.29, 1.82) is 0 Å². The molecule has 3 rings (SSSR count). The Balaban J connectivity index is 1.46. The summed E-state index contributed by atoms with van der Waals surface area (Å²) in [6.45, 7) is 1.40. The van der Waals surface area contributed by atoms with Gasteiger partial charge in [-0.05, 0) is 30.5 Å². The van der Waals surface area contributed by atoms with Crippen LogP contribution in [0.15, 0.2) is 29.1 Å². The minimum Gasteiger partial charge on any atom is -0.497 e. The molecular weight excluding hydrogens is 362 g/mol. The van der Waals surface area contributed by atoms with Gasteiger partial charge in [-0.2, -0.15) is 5.10 Å². The predicted octanol–water partition coefficient (Wildman–Crippen LogP) is 0.247. The van der Waals surface area contributed by atoms with Crippen LogP contribution < -0.4 is 15.7 Å². The highest BCUT2D eigenvalue weighted by atomic mass is 16.5. The number of hydrogen-bond donors (Lipinski definition) is 3. The molecule has 0 bridgehead atoms. The number of carbonyl (C=O) groups excluding carboxylic acids is 2. The second kappa shape index (κ2) is 9.20. The van der Waals surface area contributed by atoms with Crippen LogP contribution in [-0.4, -0.2) is 58.6 Å². The molecule has 0 saturated carbocycles. The minimum atomic E-state index is -0.361. The van der Waals surface area contributed by atoms with E-state index in [0.29, 0.717) is 44.7 Å². The van der Waals surface area contributed by atoms with Gasteiger partial charge in [-0.1, -0.05) is 12.1 Å². The number of nitrogens with one attached hydrogen (secondary N) is 3. The van der Waals surface area contributed by atoms with Crippen molar-refractivity contribution in [2.24, 2.45) is 5.92 Å². The number of H-pyrrole nitrogens is 2. The summed E-state index contributed by atoms with van der Waals surface area (Å²) in [6, 6.07) is 7.76. The average molecular weight is 387 g/mol. The topological polar surface area (TPSA) is 120 Å². The van der Waals surface area contributed by atoms with Crippen LogP contribution in [0.1, 0.15) is 24.2 Å². The number of likely N-dealkylation sites (tertiary alicyclic amines) is 1. The second-order valence-electron chi connectivity index (χ2n) is 6.84. The van der Waals surface area contributed by atoms with Crippen molar-refractivity contribution < 1.29 is 14.3 Å². The van der Waals surface area contributed by atoms with Crippen molar-refractivity contribution >= 4 is 11.8 Å². The third-order valence-electron chi connectivity index (χ3n) is 4.91. The molecule has 1 saturated heterocycles. The molecule has 9 heteroatoms. The molecule has 9 nitrogen and oxygen atoms in total. The zero-order chi connectivity index (χ0) is 19.9. The van der Waals surface area contributed by atoms with Gasteiger partial charge >= 0.3 is 5.69 Å². The summed E-state index contributed by atoms with van der Waals surface area (Å²) in [6.07, 6.45) is 2.12. The van der Waals surface area contributed by atoms with E-state index in [0.717, 1.165) is 17.7 Å². The largest absolute Gasteiger partial charge is 0.497 e. The SMILES string of the molecule is COc1ccc(CCN2C[C@H](C(=O)NCCc3n[nH]c(=O)[nH]3)CCC2=O)cc1. The van der Waals surface area contributed by atoms with Crippen LogP contribution in [-0.2, 0) is 22.4 Å². The predicted molar refractivity (Wildman–Crippen MR) is 102 cm³/mol. The van der Waals surface area contributed by atoms with Gasteiger partial charge in [0.2, 0.25) is 11.8 Å². The standard InChI is InChI=1S/C19H25N5O4/c1-28-15-5-2-13(3-6-15)9-11-24-12-14(4-7-17(24)25)18(26)20-10-8-16-21-19(27)23-22-16/h2-3,5-6,14H,4,7-12H2,1H3,(H,20,26)(H2,21,22,23,27)/t14-/m1/s1. The summed E-state index contributed by atoms with van der Waals surface area (Å²) in [7, 11) is 1.63.